The van der Waals surface area contributed by atoms with Gasteiger partial charge < -0.3 is 0 Å². The molecule has 0 N–H and O–H groups in total. The van der Waals surface area contributed by atoms with Crippen molar-refractivity contribution in [3.8, 4) is 6.07 Å². The maximum Gasteiger partial charge on any atom is 0.100 e. The van der Waals surface area contributed by atoms with Crippen molar-refractivity contribution in [1.82, 2.24) is 0 Å². The van der Waals surface area contributed by atoms with Crippen molar-refractivity contribution in [2.75, 3.05) is 0 Å². The lowest BCUT2D eigenvalue weighted by Gasteiger charge is -2.03. The van der Waals surface area contributed by atoms with Gasteiger partial charge in [0.05, 0.1) is 5.56 Å². The Morgan fingerprint density at radius 3 is 2.24 bits per heavy atom. The average Bonchev–Trinajstić information content (AvgIpc) is 2.34. The molecule has 0 radical (unpaired) electrons. The third kappa shape index (κ3) is 3.22. The van der Waals surface area contributed by atoms with Crippen LogP contribution >= 0.6 is 37.0 Å². The first-order chi connectivity index (χ1) is 8.19. The van der Waals surface area contributed by atoms with E-state index in [1.165, 1.54) is 0 Å². The summed E-state index contributed by atoms with van der Waals surface area (Å²) >= 11 is 10.1. The maximum absolute atomic E-state index is 8.93. The molecule has 2 rings (SSSR count). The number of hydrogen-bond donors (Lipinski definition) is 2. The summed E-state index contributed by atoms with van der Waals surface area (Å²) in [5.41, 5.74) is 0.601. The van der Waals surface area contributed by atoms with Crippen LogP contribution in [0.15, 0.2) is 62.0 Å². The highest BCUT2D eigenvalue weighted by Gasteiger charge is 2.02. The second kappa shape index (κ2) is 5.54. The Labute approximate surface area is 116 Å². The number of nitriles is 1. The smallest absolute Gasteiger partial charge is 0.100 e. The van der Waals surface area contributed by atoms with Crippen molar-refractivity contribution in [3.63, 3.8) is 0 Å². The van der Waals surface area contributed by atoms with Crippen LogP contribution in [0.3, 0.4) is 0 Å². The molecule has 0 saturated carbocycles. The van der Waals surface area contributed by atoms with Crippen molar-refractivity contribution in [2.24, 2.45) is 0 Å². The SMILES string of the molecule is N#Cc1cc(Sc2ccc(S)cc2)ccc1S. The lowest BCUT2D eigenvalue weighted by Crippen LogP contribution is -1.80. The molecule has 0 saturated heterocycles. The summed E-state index contributed by atoms with van der Waals surface area (Å²) in [6, 6.07) is 15.7. The topological polar surface area (TPSA) is 23.8 Å². The van der Waals surface area contributed by atoms with E-state index in [0.717, 1.165) is 14.7 Å². The molecular formula is C13H9NS3. The molecule has 0 spiro atoms. The van der Waals surface area contributed by atoms with Gasteiger partial charge in [0.1, 0.15) is 6.07 Å². The Morgan fingerprint density at radius 2 is 1.59 bits per heavy atom. The highest BCUT2D eigenvalue weighted by Crippen LogP contribution is 2.30. The van der Waals surface area contributed by atoms with Crippen molar-refractivity contribution in [1.29, 1.82) is 5.26 Å². The van der Waals surface area contributed by atoms with Crippen LogP contribution in [0.25, 0.3) is 0 Å². The van der Waals surface area contributed by atoms with Crippen LogP contribution in [0.4, 0.5) is 0 Å². The number of nitrogens with zero attached hydrogens (tertiary/aromatic N) is 1. The van der Waals surface area contributed by atoms with Gasteiger partial charge in [-0.05, 0) is 42.5 Å². The standard InChI is InChI=1S/C13H9NS3/c14-8-9-7-12(5-6-13(9)16)17-11-3-1-10(15)2-4-11/h1-7,15-16H. The molecule has 2 aromatic rings. The first kappa shape index (κ1) is 12.4. The van der Waals surface area contributed by atoms with E-state index >= 15 is 0 Å². The van der Waals surface area contributed by atoms with Crippen molar-refractivity contribution < 1.29 is 0 Å². The minimum absolute atomic E-state index is 0.601. The van der Waals surface area contributed by atoms with Gasteiger partial charge in [-0.1, -0.05) is 11.8 Å². The normalized spacial score (nSPS) is 9.94. The van der Waals surface area contributed by atoms with E-state index in [2.05, 4.69) is 31.3 Å². The molecule has 0 aromatic heterocycles. The summed E-state index contributed by atoms with van der Waals surface area (Å²) < 4.78 is 0. The lowest BCUT2D eigenvalue weighted by molar-refractivity contribution is 1.29. The van der Waals surface area contributed by atoms with Crippen LogP contribution in [-0.2, 0) is 0 Å². The molecule has 0 heterocycles. The number of rotatable bonds is 2. The monoisotopic (exact) mass is 275 g/mol. The van der Waals surface area contributed by atoms with Crippen LogP contribution in [0, 0.1) is 11.3 Å². The van der Waals surface area contributed by atoms with Gasteiger partial charge in [0.25, 0.3) is 0 Å². The van der Waals surface area contributed by atoms with Crippen LogP contribution in [-0.4, -0.2) is 0 Å². The average molecular weight is 275 g/mol. The number of benzene rings is 2. The summed E-state index contributed by atoms with van der Waals surface area (Å²) in [6.07, 6.45) is 0. The molecule has 4 heteroatoms. The van der Waals surface area contributed by atoms with Gasteiger partial charge in [-0.15, -0.1) is 25.3 Å². The Balaban J connectivity index is 2.25. The lowest BCUT2D eigenvalue weighted by atomic mass is 10.2. The highest BCUT2D eigenvalue weighted by atomic mass is 32.2. The van der Waals surface area contributed by atoms with E-state index in [-0.39, 0.29) is 0 Å². The molecule has 0 amide bonds. The van der Waals surface area contributed by atoms with Crippen molar-refractivity contribution >= 4 is 37.0 Å². The van der Waals surface area contributed by atoms with Gasteiger partial charge in [-0.25, -0.2) is 0 Å². The van der Waals surface area contributed by atoms with Crippen molar-refractivity contribution in [3.05, 3.63) is 48.0 Å². The molecule has 0 aliphatic heterocycles. The maximum atomic E-state index is 8.93. The van der Waals surface area contributed by atoms with Gasteiger partial charge in [0.15, 0.2) is 0 Å². The van der Waals surface area contributed by atoms with Gasteiger partial charge in [-0.3, -0.25) is 0 Å². The van der Waals surface area contributed by atoms with E-state index in [1.807, 2.05) is 42.5 Å². The second-order valence-electron chi connectivity index (χ2n) is 3.39. The number of hydrogen-bond acceptors (Lipinski definition) is 4. The molecule has 0 aliphatic rings. The van der Waals surface area contributed by atoms with Gasteiger partial charge in [0, 0.05) is 19.6 Å². The summed E-state index contributed by atoms with van der Waals surface area (Å²) in [6.45, 7) is 0. The third-order valence-corrected chi connectivity index (χ3v) is 3.85. The molecule has 17 heavy (non-hydrogen) atoms. The van der Waals surface area contributed by atoms with E-state index in [9.17, 15) is 0 Å². The first-order valence-electron chi connectivity index (χ1n) is 4.89. The fraction of sp³-hybridized carbons (Fsp3) is 0. The summed E-state index contributed by atoms with van der Waals surface area (Å²) in [4.78, 5) is 3.81. The van der Waals surface area contributed by atoms with Gasteiger partial charge in [0.2, 0.25) is 0 Å². The highest BCUT2D eigenvalue weighted by molar-refractivity contribution is 7.99. The fourth-order valence-corrected chi connectivity index (χ4v) is 2.51. The van der Waals surface area contributed by atoms with Crippen LogP contribution in [0.2, 0.25) is 0 Å². The van der Waals surface area contributed by atoms with Crippen LogP contribution in [0.1, 0.15) is 5.56 Å². The van der Waals surface area contributed by atoms with Gasteiger partial charge in [-0.2, -0.15) is 5.26 Å². The zero-order valence-corrected chi connectivity index (χ0v) is 11.4. The Hall–Kier alpha value is -1.02. The molecular weight excluding hydrogens is 266 g/mol. The molecule has 0 unspecified atom stereocenters. The molecule has 0 aliphatic carbocycles. The Morgan fingerprint density at radius 1 is 0.941 bits per heavy atom. The van der Waals surface area contributed by atoms with E-state index in [0.29, 0.717) is 10.5 Å². The zero-order valence-electron chi connectivity index (χ0n) is 8.79. The van der Waals surface area contributed by atoms with Crippen LogP contribution in [0.5, 0.6) is 0 Å². The quantitative estimate of drug-likeness (QED) is 0.799. The Kier molecular flexibility index (Phi) is 4.06. The second-order valence-corrected chi connectivity index (χ2v) is 5.53. The largest absolute Gasteiger partial charge is 0.192 e. The van der Waals surface area contributed by atoms with Crippen molar-refractivity contribution in [2.45, 2.75) is 19.6 Å². The molecule has 0 bridgehead atoms. The third-order valence-electron chi connectivity index (χ3n) is 2.16. The van der Waals surface area contributed by atoms with E-state index < -0.39 is 0 Å². The summed E-state index contributed by atoms with van der Waals surface area (Å²) in [5, 5.41) is 8.93. The molecule has 0 fully saturated rings. The molecule has 1 nitrogen and oxygen atoms in total. The van der Waals surface area contributed by atoms with E-state index in [4.69, 9.17) is 5.26 Å². The summed E-state index contributed by atoms with van der Waals surface area (Å²) in [5.74, 6) is 0. The molecule has 2 aromatic carbocycles. The van der Waals surface area contributed by atoms with Gasteiger partial charge >= 0.3 is 0 Å². The Bertz CT molecular complexity index is 570. The molecule has 84 valence electrons. The fourth-order valence-electron chi connectivity index (χ4n) is 1.32. The predicted octanol–water partition coefficient (Wildman–Crippen LogP) is 4.29. The minimum atomic E-state index is 0.601. The predicted molar refractivity (Wildman–Crippen MR) is 76.2 cm³/mol. The zero-order chi connectivity index (χ0) is 12.3. The minimum Gasteiger partial charge on any atom is -0.192 e. The summed E-state index contributed by atoms with van der Waals surface area (Å²) in [7, 11) is 0. The first-order valence-corrected chi connectivity index (χ1v) is 6.60. The molecule has 0 atom stereocenters. The van der Waals surface area contributed by atoms with E-state index in [1.54, 1.807) is 11.8 Å². The van der Waals surface area contributed by atoms with Crippen LogP contribution < -0.4 is 0 Å². The number of thiol groups is 2.